The highest BCUT2D eigenvalue weighted by atomic mass is 32.2. The molecule has 1 unspecified atom stereocenters. The molecular weight excluding hydrogens is 408 g/mol. The van der Waals surface area contributed by atoms with Gasteiger partial charge in [0.25, 0.3) is 0 Å². The third kappa shape index (κ3) is 6.39. The molecule has 1 aromatic heterocycles. The standard InChI is InChI=1S/C20H28N4OS3/c1-3-4-14-26-19-22-23-20(28-19)27-15(2)18(25)21-16-8-10-17(11-9-16)24-12-6-5-7-13-24/h8-11,15H,3-7,12-14H2,1-2H3,(H,21,25). The van der Waals surface area contributed by atoms with Crippen LogP contribution in [0.25, 0.3) is 0 Å². The monoisotopic (exact) mass is 436 g/mol. The minimum absolute atomic E-state index is 0.00823. The normalized spacial score (nSPS) is 15.4. The number of hydrogen-bond donors (Lipinski definition) is 1. The van der Waals surface area contributed by atoms with Crippen molar-refractivity contribution in [2.24, 2.45) is 0 Å². The van der Waals surface area contributed by atoms with Gasteiger partial charge >= 0.3 is 0 Å². The van der Waals surface area contributed by atoms with Crippen LogP contribution in [0.3, 0.4) is 0 Å². The van der Waals surface area contributed by atoms with Crippen LogP contribution in [-0.4, -0.2) is 40.2 Å². The van der Waals surface area contributed by atoms with E-state index in [1.807, 2.05) is 19.1 Å². The fraction of sp³-hybridized carbons (Fsp3) is 0.550. The number of rotatable bonds is 9. The lowest BCUT2D eigenvalue weighted by atomic mass is 10.1. The minimum Gasteiger partial charge on any atom is -0.372 e. The predicted molar refractivity (Wildman–Crippen MR) is 122 cm³/mol. The molecule has 5 nitrogen and oxygen atoms in total. The van der Waals surface area contributed by atoms with Crippen molar-refractivity contribution in [1.82, 2.24) is 10.2 Å². The van der Waals surface area contributed by atoms with Gasteiger partial charge < -0.3 is 10.2 Å². The molecule has 0 bridgehead atoms. The molecule has 0 saturated carbocycles. The molecule has 1 amide bonds. The summed E-state index contributed by atoms with van der Waals surface area (Å²) >= 11 is 4.78. The lowest BCUT2D eigenvalue weighted by molar-refractivity contribution is -0.115. The van der Waals surface area contributed by atoms with E-state index in [0.717, 1.165) is 33.2 Å². The number of amides is 1. The average molecular weight is 437 g/mol. The number of hydrogen-bond acceptors (Lipinski definition) is 7. The van der Waals surface area contributed by atoms with Crippen molar-refractivity contribution in [3.63, 3.8) is 0 Å². The summed E-state index contributed by atoms with van der Waals surface area (Å²) in [5.41, 5.74) is 2.08. The molecule has 2 heterocycles. The Morgan fingerprint density at radius 1 is 1.18 bits per heavy atom. The Morgan fingerprint density at radius 2 is 1.89 bits per heavy atom. The maximum Gasteiger partial charge on any atom is 0.237 e. The second-order valence-electron chi connectivity index (χ2n) is 6.88. The largest absolute Gasteiger partial charge is 0.372 e. The molecule has 2 aromatic rings. The number of nitrogens with zero attached hydrogens (tertiary/aromatic N) is 3. The topological polar surface area (TPSA) is 58.1 Å². The summed E-state index contributed by atoms with van der Waals surface area (Å²) in [5, 5.41) is 11.2. The Kier molecular flexibility index (Phi) is 8.48. The van der Waals surface area contributed by atoms with Crippen LogP contribution in [0.1, 0.15) is 46.0 Å². The summed E-state index contributed by atoms with van der Waals surface area (Å²) in [6.45, 7) is 6.34. The van der Waals surface area contributed by atoms with Crippen LogP contribution in [0.4, 0.5) is 11.4 Å². The Bertz CT molecular complexity index is 744. The third-order valence-electron chi connectivity index (χ3n) is 4.61. The molecule has 0 spiro atoms. The lowest BCUT2D eigenvalue weighted by Crippen LogP contribution is -2.29. The molecule has 1 aliphatic heterocycles. The first kappa shape index (κ1) is 21.5. The lowest BCUT2D eigenvalue weighted by Gasteiger charge is -2.28. The Balaban J connectivity index is 1.48. The first-order valence-electron chi connectivity index (χ1n) is 9.94. The quantitative estimate of drug-likeness (QED) is 0.411. The molecule has 1 aromatic carbocycles. The Labute approximate surface area is 180 Å². The van der Waals surface area contributed by atoms with E-state index in [9.17, 15) is 4.79 Å². The van der Waals surface area contributed by atoms with E-state index in [1.165, 1.54) is 49.6 Å². The maximum absolute atomic E-state index is 12.5. The molecule has 28 heavy (non-hydrogen) atoms. The van der Waals surface area contributed by atoms with Crippen LogP contribution in [0.2, 0.25) is 0 Å². The molecule has 3 rings (SSSR count). The predicted octanol–water partition coefficient (Wildman–Crippen LogP) is 5.54. The second-order valence-corrected chi connectivity index (χ2v) is 10.8. The van der Waals surface area contributed by atoms with Gasteiger partial charge in [0, 0.05) is 30.2 Å². The number of anilines is 2. The van der Waals surface area contributed by atoms with E-state index < -0.39 is 0 Å². The van der Waals surface area contributed by atoms with Crippen molar-refractivity contribution in [2.75, 3.05) is 29.1 Å². The molecular formula is C20H28N4OS3. The number of piperidine rings is 1. The van der Waals surface area contributed by atoms with Crippen molar-refractivity contribution in [2.45, 2.75) is 59.9 Å². The smallest absolute Gasteiger partial charge is 0.237 e. The van der Waals surface area contributed by atoms with Crippen LogP contribution in [0, 0.1) is 0 Å². The van der Waals surface area contributed by atoms with E-state index >= 15 is 0 Å². The highest BCUT2D eigenvalue weighted by Crippen LogP contribution is 2.32. The summed E-state index contributed by atoms with van der Waals surface area (Å²) in [5.74, 6) is 1.06. The van der Waals surface area contributed by atoms with Crippen LogP contribution in [0.15, 0.2) is 32.9 Å². The number of carbonyl (C=O) groups is 1. The van der Waals surface area contributed by atoms with Crippen LogP contribution in [-0.2, 0) is 4.79 Å². The summed E-state index contributed by atoms with van der Waals surface area (Å²) in [6.07, 6.45) is 6.22. The van der Waals surface area contributed by atoms with E-state index in [0.29, 0.717) is 0 Å². The van der Waals surface area contributed by atoms with Gasteiger partial charge in [-0.15, -0.1) is 10.2 Å². The zero-order valence-corrected chi connectivity index (χ0v) is 19.0. The molecule has 1 atom stereocenters. The number of nitrogens with one attached hydrogen (secondary N) is 1. The minimum atomic E-state index is -0.219. The third-order valence-corrected chi connectivity index (χ3v) is 7.94. The SMILES string of the molecule is CCCCSc1nnc(SC(C)C(=O)Nc2ccc(N3CCCCC3)cc2)s1. The van der Waals surface area contributed by atoms with E-state index in [2.05, 4.69) is 39.5 Å². The number of benzene rings is 1. The van der Waals surface area contributed by atoms with Crippen LogP contribution < -0.4 is 10.2 Å². The van der Waals surface area contributed by atoms with Crippen LogP contribution >= 0.6 is 34.9 Å². The zero-order valence-electron chi connectivity index (χ0n) is 16.5. The van der Waals surface area contributed by atoms with E-state index in [4.69, 9.17) is 0 Å². The van der Waals surface area contributed by atoms with Crippen molar-refractivity contribution in [1.29, 1.82) is 0 Å². The molecule has 8 heteroatoms. The number of thioether (sulfide) groups is 2. The number of aromatic nitrogens is 2. The van der Waals surface area contributed by atoms with E-state index in [-0.39, 0.29) is 11.2 Å². The van der Waals surface area contributed by atoms with Gasteiger partial charge in [-0.1, -0.05) is 48.2 Å². The van der Waals surface area contributed by atoms with Gasteiger partial charge in [0.1, 0.15) is 0 Å². The highest BCUT2D eigenvalue weighted by Gasteiger charge is 2.18. The van der Waals surface area contributed by atoms with Gasteiger partial charge in [-0.25, -0.2) is 0 Å². The summed E-state index contributed by atoms with van der Waals surface area (Å²) in [4.78, 5) is 14.9. The first-order valence-corrected chi connectivity index (χ1v) is 12.6. The van der Waals surface area contributed by atoms with Crippen molar-refractivity contribution in [3.05, 3.63) is 24.3 Å². The molecule has 1 fully saturated rings. The molecule has 0 aliphatic carbocycles. The van der Waals surface area contributed by atoms with Crippen molar-refractivity contribution >= 4 is 52.1 Å². The van der Waals surface area contributed by atoms with Gasteiger partial charge in [0.05, 0.1) is 5.25 Å². The van der Waals surface area contributed by atoms with Gasteiger partial charge in [-0.2, -0.15) is 0 Å². The fourth-order valence-electron chi connectivity index (χ4n) is 2.96. The molecule has 152 valence electrons. The first-order chi connectivity index (χ1) is 13.7. The maximum atomic E-state index is 12.5. The second kappa shape index (κ2) is 11.1. The van der Waals surface area contributed by atoms with Crippen molar-refractivity contribution in [3.8, 4) is 0 Å². The van der Waals surface area contributed by atoms with Gasteiger partial charge in [-0.3, -0.25) is 4.79 Å². The zero-order chi connectivity index (χ0) is 19.8. The molecule has 1 aliphatic rings. The Morgan fingerprint density at radius 3 is 2.61 bits per heavy atom. The average Bonchev–Trinajstić information content (AvgIpc) is 3.16. The van der Waals surface area contributed by atoms with Gasteiger partial charge in [0.15, 0.2) is 8.68 Å². The highest BCUT2D eigenvalue weighted by molar-refractivity contribution is 8.03. The summed E-state index contributed by atoms with van der Waals surface area (Å²) < 4.78 is 1.83. The fourth-order valence-corrected chi connectivity index (χ4v) is 6.28. The molecule has 1 saturated heterocycles. The van der Waals surface area contributed by atoms with Gasteiger partial charge in [-0.05, 0) is 56.9 Å². The van der Waals surface area contributed by atoms with E-state index in [1.54, 1.807) is 23.1 Å². The van der Waals surface area contributed by atoms with Gasteiger partial charge in [0.2, 0.25) is 5.91 Å². The number of carbonyl (C=O) groups excluding carboxylic acids is 1. The molecule has 0 radical (unpaired) electrons. The molecule has 1 N–H and O–H groups in total. The van der Waals surface area contributed by atoms with Crippen molar-refractivity contribution < 1.29 is 4.79 Å². The number of unbranched alkanes of at least 4 members (excludes halogenated alkanes) is 1. The van der Waals surface area contributed by atoms with Crippen LogP contribution in [0.5, 0.6) is 0 Å². The Hall–Kier alpha value is -1.25. The summed E-state index contributed by atoms with van der Waals surface area (Å²) in [7, 11) is 0. The summed E-state index contributed by atoms with van der Waals surface area (Å²) in [6, 6.07) is 8.19.